The zero-order chi connectivity index (χ0) is 29.1. The molecule has 0 unspecified atom stereocenters. The molecule has 41 heavy (non-hydrogen) atoms. The van der Waals surface area contributed by atoms with Gasteiger partial charge >= 0.3 is 5.92 Å². The number of methoxy groups -OCH3 is 1. The lowest BCUT2D eigenvalue weighted by Gasteiger charge is -2.35. The van der Waals surface area contributed by atoms with Gasteiger partial charge < -0.3 is 30.1 Å². The Morgan fingerprint density at radius 1 is 1.15 bits per heavy atom. The van der Waals surface area contributed by atoms with E-state index >= 15 is 0 Å². The lowest BCUT2D eigenvalue weighted by molar-refractivity contribution is -0.140. The molecule has 0 bridgehead atoms. The Hall–Kier alpha value is -3.54. The lowest BCUT2D eigenvalue weighted by Crippen LogP contribution is -2.49. The molecule has 1 saturated carbocycles. The molecule has 10 nitrogen and oxygen atoms in total. The maximum Gasteiger partial charge on any atom is 0.342 e. The van der Waals surface area contributed by atoms with Gasteiger partial charge in [0.25, 0.3) is 11.8 Å². The second-order valence-corrected chi connectivity index (χ2v) is 11.1. The number of alkyl halides is 2. The zero-order valence-corrected chi connectivity index (χ0v) is 24.0. The number of anilines is 4. The summed E-state index contributed by atoms with van der Waals surface area (Å²) in [6.07, 6.45) is 7.69. The predicted octanol–water partition coefficient (Wildman–Crippen LogP) is 4.19. The van der Waals surface area contributed by atoms with Crippen molar-refractivity contribution in [3.05, 3.63) is 30.0 Å². The van der Waals surface area contributed by atoms with Crippen molar-refractivity contribution < 1.29 is 23.1 Å². The number of benzene rings is 1. The molecule has 2 aromatic rings. The molecule has 0 spiro atoms. The Morgan fingerprint density at radius 3 is 2.56 bits per heavy atom. The number of likely N-dealkylation sites (tertiary alicyclic amines) is 1. The van der Waals surface area contributed by atoms with E-state index < -0.39 is 18.4 Å². The number of nitrogens with zero attached hydrogens (tertiary/aromatic N) is 5. The molecular formula is C29H39F2N7O3. The summed E-state index contributed by atoms with van der Waals surface area (Å²) in [4.78, 5) is 39.4. The van der Waals surface area contributed by atoms with Crippen molar-refractivity contribution in [2.24, 2.45) is 0 Å². The summed E-state index contributed by atoms with van der Waals surface area (Å²) in [5.41, 5.74) is 1.24. The Bertz CT molecular complexity index is 1260. The summed E-state index contributed by atoms with van der Waals surface area (Å²) in [6.45, 7) is 4.36. The van der Waals surface area contributed by atoms with E-state index in [1.165, 1.54) is 20.4 Å². The van der Waals surface area contributed by atoms with Crippen LogP contribution in [-0.4, -0.2) is 85.0 Å². The summed E-state index contributed by atoms with van der Waals surface area (Å²) < 4.78 is 35.5. The largest absolute Gasteiger partial charge is 0.495 e. The highest BCUT2D eigenvalue weighted by atomic mass is 19.3. The van der Waals surface area contributed by atoms with Crippen LogP contribution >= 0.6 is 0 Å². The lowest BCUT2D eigenvalue weighted by atomic mass is 9.94. The van der Waals surface area contributed by atoms with Gasteiger partial charge in [-0.15, -0.1) is 0 Å². The van der Waals surface area contributed by atoms with Crippen LogP contribution in [-0.2, 0) is 4.79 Å². The average Bonchev–Trinajstić information content (AvgIpc) is 3.06. The predicted molar refractivity (Wildman–Crippen MR) is 153 cm³/mol. The topological polar surface area (TPSA) is 103 Å². The minimum absolute atomic E-state index is 0.131. The first-order valence-corrected chi connectivity index (χ1v) is 14.5. The van der Waals surface area contributed by atoms with Gasteiger partial charge in [-0.2, -0.15) is 13.8 Å². The van der Waals surface area contributed by atoms with Crippen LogP contribution in [0, 0.1) is 0 Å². The van der Waals surface area contributed by atoms with Crippen LogP contribution in [0.4, 0.5) is 31.9 Å². The zero-order valence-electron chi connectivity index (χ0n) is 24.0. The van der Waals surface area contributed by atoms with Crippen LogP contribution < -0.4 is 25.2 Å². The second-order valence-electron chi connectivity index (χ2n) is 11.1. The first kappa shape index (κ1) is 29.0. The van der Waals surface area contributed by atoms with Crippen molar-refractivity contribution in [3.63, 3.8) is 0 Å². The normalized spacial score (nSPS) is 20.4. The molecule has 2 aliphatic heterocycles. The number of rotatable bonds is 7. The van der Waals surface area contributed by atoms with Gasteiger partial charge in [0.05, 0.1) is 25.5 Å². The number of piperidine rings is 1. The van der Waals surface area contributed by atoms with E-state index in [9.17, 15) is 18.4 Å². The Balaban J connectivity index is 1.37. The number of nitrogens with one attached hydrogen (secondary N) is 2. The van der Waals surface area contributed by atoms with Crippen LogP contribution in [0.25, 0.3) is 0 Å². The highest BCUT2D eigenvalue weighted by molar-refractivity contribution is 6.02. The molecule has 0 atom stereocenters. The van der Waals surface area contributed by atoms with Gasteiger partial charge in [-0.25, -0.2) is 4.98 Å². The van der Waals surface area contributed by atoms with Crippen LogP contribution in [0.1, 0.15) is 62.2 Å². The fraction of sp³-hybridized carbons (Fsp3) is 0.586. The smallest absolute Gasteiger partial charge is 0.342 e. The summed E-state index contributed by atoms with van der Waals surface area (Å²) in [5.74, 6) is -4.09. The molecule has 5 rings (SSSR count). The SMILES string of the molecule is CCN1CCC(NC(=O)c2ccc(Nc3ncc4c(n3)N(C3CCCCC3)CC(F)(F)C(=O)N4C)c(OC)c2)CC1. The van der Waals surface area contributed by atoms with Gasteiger partial charge in [0.2, 0.25) is 5.95 Å². The highest BCUT2D eigenvalue weighted by Crippen LogP contribution is 2.39. The van der Waals surface area contributed by atoms with Crippen molar-refractivity contribution in [1.82, 2.24) is 20.2 Å². The van der Waals surface area contributed by atoms with Crippen LogP contribution in [0.15, 0.2) is 24.4 Å². The summed E-state index contributed by atoms with van der Waals surface area (Å²) in [6, 6.07) is 5.06. The fourth-order valence-corrected chi connectivity index (χ4v) is 6.00. The first-order chi connectivity index (χ1) is 19.7. The van der Waals surface area contributed by atoms with E-state index in [2.05, 4.69) is 32.4 Å². The third-order valence-corrected chi connectivity index (χ3v) is 8.47. The van der Waals surface area contributed by atoms with Crippen molar-refractivity contribution in [2.75, 3.05) is 55.5 Å². The average molecular weight is 572 g/mol. The van der Waals surface area contributed by atoms with Crippen molar-refractivity contribution in [1.29, 1.82) is 0 Å². The standard InChI is InChI=1S/C29H39F2N7O3/c1-4-37-14-12-20(13-15-37)33-26(39)19-10-11-22(24(16-19)41-3)34-28-32-17-23-25(35-28)38(21-8-6-5-7-9-21)18-29(30,31)27(40)36(23)2/h10-11,16-17,20-21H,4-9,12-15,18H2,1-3H3,(H,33,39)(H,32,34,35). The minimum Gasteiger partial charge on any atom is -0.495 e. The quantitative estimate of drug-likeness (QED) is 0.510. The van der Waals surface area contributed by atoms with E-state index in [-0.39, 0.29) is 29.6 Å². The Kier molecular flexibility index (Phi) is 8.58. The van der Waals surface area contributed by atoms with E-state index in [0.29, 0.717) is 22.8 Å². The monoisotopic (exact) mass is 571 g/mol. The van der Waals surface area contributed by atoms with Gasteiger partial charge in [0.15, 0.2) is 5.82 Å². The summed E-state index contributed by atoms with van der Waals surface area (Å²) in [7, 11) is 2.84. The molecule has 1 saturated heterocycles. The Labute approximate surface area is 239 Å². The fourth-order valence-electron chi connectivity index (χ4n) is 6.00. The number of carbonyl (C=O) groups excluding carboxylic acids is 2. The van der Waals surface area contributed by atoms with Crippen molar-refractivity contribution >= 4 is 35.0 Å². The third-order valence-electron chi connectivity index (χ3n) is 8.47. The summed E-state index contributed by atoms with van der Waals surface area (Å²) >= 11 is 0. The number of amides is 2. The number of hydrogen-bond donors (Lipinski definition) is 2. The van der Waals surface area contributed by atoms with E-state index in [1.54, 1.807) is 23.1 Å². The highest BCUT2D eigenvalue weighted by Gasteiger charge is 2.48. The van der Waals surface area contributed by atoms with E-state index in [0.717, 1.165) is 69.5 Å². The summed E-state index contributed by atoms with van der Waals surface area (Å²) in [5, 5.41) is 6.25. The number of carbonyl (C=O) groups is 2. The number of ether oxygens (including phenoxy) is 1. The molecule has 2 N–H and O–H groups in total. The molecule has 2 fully saturated rings. The maximum atomic E-state index is 15.0. The molecule has 0 radical (unpaired) electrons. The van der Waals surface area contributed by atoms with Crippen LogP contribution in [0.3, 0.4) is 0 Å². The molecule has 1 aromatic heterocycles. The van der Waals surface area contributed by atoms with Gasteiger partial charge in [0, 0.05) is 37.8 Å². The number of aromatic nitrogens is 2. The van der Waals surface area contributed by atoms with Crippen LogP contribution in [0.5, 0.6) is 5.75 Å². The molecule has 222 valence electrons. The van der Waals surface area contributed by atoms with E-state index in [4.69, 9.17) is 4.74 Å². The second kappa shape index (κ2) is 12.1. The van der Waals surface area contributed by atoms with Gasteiger partial charge in [0.1, 0.15) is 11.4 Å². The number of hydrogen-bond acceptors (Lipinski definition) is 8. The van der Waals surface area contributed by atoms with Gasteiger partial charge in [-0.3, -0.25) is 9.59 Å². The maximum absolute atomic E-state index is 15.0. The van der Waals surface area contributed by atoms with Crippen LogP contribution in [0.2, 0.25) is 0 Å². The Morgan fingerprint density at radius 2 is 1.88 bits per heavy atom. The molecule has 12 heteroatoms. The number of fused-ring (bicyclic) bond motifs is 1. The third kappa shape index (κ3) is 6.22. The molecule has 2 amide bonds. The van der Waals surface area contributed by atoms with Crippen molar-refractivity contribution in [2.45, 2.75) is 69.9 Å². The molecule has 3 heterocycles. The molecular weight excluding hydrogens is 532 g/mol. The van der Waals surface area contributed by atoms with E-state index in [1.807, 2.05) is 0 Å². The molecule has 1 aliphatic carbocycles. The number of halogens is 2. The minimum atomic E-state index is -3.55. The molecule has 3 aliphatic rings. The first-order valence-electron chi connectivity index (χ1n) is 14.5. The van der Waals surface area contributed by atoms with Gasteiger partial charge in [-0.1, -0.05) is 26.2 Å². The van der Waals surface area contributed by atoms with Gasteiger partial charge in [-0.05, 0) is 50.4 Å². The molecule has 1 aromatic carbocycles. The van der Waals surface area contributed by atoms with Crippen molar-refractivity contribution in [3.8, 4) is 5.75 Å².